The van der Waals surface area contributed by atoms with Crippen molar-refractivity contribution < 1.29 is 23.5 Å². The Kier molecular flexibility index (Phi) is 8.41. The van der Waals surface area contributed by atoms with Gasteiger partial charge in [-0.25, -0.2) is 4.98 Å². The summed E-state index contributed by atoms with van der Waals surface area (Å²) in [6, 6.07) is 10.9. The lowest BCUT2D eigenvalue weighted by atomic mass is 10.0. The molecule has 0 saturated carbocycles. The fourth-order valence-electron chi connectivity index (χ4n) is 4.37. The first-order valence-corrected chi connectivity index (χ1v) is 14.6. The summed E-state index contributed by atoms with van der Waals surface area (Å²) in [5.74, 6) is -1.94. The van der Waals surface area contributed by atoms with E-state index in [0.717, 1.165) is 15.7 Å². The van der Waals surface area contributed by atoms with Crippen molar-refractivity contribution in [1.29, 1.82) is 5.41 Å². The molecule has 2 atom stereocenters. The molecule has 2 aromatic heterocycles. The van der Waals surface area contributed by atoms with Gasteiger partial charge in [0.05, 0.1) is 4.88 Å². The summed E-state index contributed by atoms with van der Waals surface area (Å²) in [5.41, 5.74) is -0.446. The maximum Gasteiger partial charge on any atom is 0.262 e. The molecule has 2 amide bonds. The van der Waals surface area contributed by atoms with E-state index in [1.54, 1.807) is 18.2 Å². The van der Waals surface area contributed by atoms with Crippen molar-refractivity contribution in [3.05, 3.63) is 71.1 Å². The van der Waals surface area contributed by atoms with Crippen molar-refractivity contribution in [2.75, 3.05) is 6.54 Å². The Morgan fingerprint density at radius 3 is 2.66 bits per heavy atom. The van der Waals surface area contributed by atoms with E-state index in [9.17, 15) is 23.5 Å². The minimum atomic E-state index is -3.98. The number of nitrogens with one attached hydrogen (secondary N) is 2. The van der Waals surface area contributed by atoms with Crippen LogP contribution in [0, 0.1) is 11.3 Å². The topological polar surface area (TPSA) is 144 Å². The van der Waals surface area contributed by atoms with Crippen LogP contribution < -0.4 is 5.32 Å². The number of Topliss-reactive ketones (excluding diaryl/α,β-unsaturated/α-hetero) is 1. The summed E-state index contributed by atoms with van der Waals surface area (Å²) in [4.78, 5) is 46.3. The van der Waals surface area contributed by atoms with Crippen LogP contribution in [0.2, 0.25) is 0 Å². The number of aromatic nitrogens is 1. The molecule has 0 radical (unpaired) electrons. The summed E-state index contributed by atoms with van der Waals surface area (Å²) >= 11 is 1.28. The van der Waals surface area contributed by atoms with E-state index >= 15 is 0 Å². The smallest absolute Gasteiger partial charge is 0.262 e. The fraction of sp³-hybridized carbons (Fsp3) is 0.296. The largest absolute Gasteiger partial charge is 0.340 e. The Morgan fingerprint density at radius 2 is 1.95 bits per heavy atom. The predicted molar refractivity (Wildman–Crippen MR) is 150 cm³/mol. The van der Waals surface area contributed by atoms with E-state index in [-0.39, 0.29) is 30.3 Å². The number of nitrogens with zero attached hydrogens (tertiary/aromatic N) is 2. The third-order valence-electron chi connectivity index (χ3n) is 6.16. The second-order valence-electron chi connectivity index (χ2n) is 9.42. The molecule has 3 aromatic rings. The molecule has 38 heavy (non-hydrogen) atoms. The molecular formula is C27H30N4O5S2. The average Bonchev–Trinajstić information content (AvgIpc) is 3.33. The molecule has 0 spiro atoms. The molecule has 4 rings (SSSR count). The summed E-state index contributed by atoms with van der Waals surface area (Å²) in [5, 5.41) is 12.7. The van der Waals surface area contributed by atoms with Gasteiger partial charge in [-0.1, -0.05) is 50.3 Å². The highest BCUT2D eigenvalue weighted by Gasteiger charge is 2.45. The molecule has 3 heterocycles. The maximum atomic E-state index is 14.0. The molecule has 0 fully saturated rings. The van der Waals surface area contributed by atoms with Gasteiger partial charge in [-0.05, 0) is 47.7 Å². The van der Waals surface area contributed by atoms with Gasteiger partial charge in [-0.3, -0.25) is 28.9 Å². The standard InChI is InChI=1S/C27H30N4O5S2/c1-17(2)15-21(30-25(33)24-19-10-4-3-9-18(19)16-37-24)26(34)31-14-8-6-11-20(28)23(32)27(31)38(35,36)22-12-5-7-13-29-22/h3-7,9-13,16-17,21,27-28,35-36H,8,14-15H2,1-2H3,(H,30,33)/t21-,27?/m0/s1. The zero-order valence-corrected chi connectivity index (χ0v) is 22.7. The molecule has 1 aliphatic rings. The molecule has 4 N–H and O–H groups in total. The molecule has 0 bridgehead atoms. The fourth-order valence-corrected chi connectivity index (χ4v) is 7.01. The minimum Gasteiger partial charge on any atom is -0.340 e. The van der Waals surface area contributed by atoms with Crippen LogP contribution >= 0.6 is 21.9 Å². The molecule has 0 aliphatic carbocycles. The number of thiophene rings is 1. The SMILES string of the molecule is CC(C)C[C@H](NC(=O)c1scc2ccccc12)C(=O)N1CCC=CC(=N)C(=O)C1S(O)(O)c1ccccn1. The molecule has 0 saturated heterocycles. The number of ketones is 1. The highest BCUT2D eigenvalue weighted by molar-refractivity contribution is 8.25. The second kappa shape index (κ2) is 11.6. The van der Waals surface area contributed by atoms with Gasteiger partial charge in [0.1, 0.15) is 16.8 Å². The van der Waals surface area contributed by atoms with Gasteiger partial charge in [-0.15, -0.1) is 21.9 Å². The van der Waals surface area contributed by atoms with Crippen molar-refractivity contribution >= 4 is 56.0 Å². The van der Waals surface area contributed by atoms with Gasteiger partial charge in [0, 0.05) is 18.1 Å². The maximum absolute atomic E-state index is 14.0. The van der Waals surface area contributed by atoms with Gasteiger partial charge in [0.15, 0.2) is 5.37 Å². The van der Waals surface area contributed by atoms with Gasteiger partial charge < -0.3 is 10.2 Å². The second-order valence-corrected chi connectivity index (χ2v) is 12.4. The quantitative estimate of drug-likeness (QED) is 0.325. The minimum absolute atomic E-state index is 0.00239. The van der Waals surface area contributed by atoms with Crippen LogP contribution in [0.25, 0.3) is 10.8 Å². The Bertz CT molecular complexity index is 1390. The number of carbonyl (C=O) groups excluding carboxylic acids is 3. The lowest BCUT2D eigenvalue weighted by Gasteiger charge is -2.45. The number of carbonyl (C=O) groups is 3. The zero-order chi connectivity index (χ0) is 27.4. The Morgan fingerprint density at radius 1 is 1.21 bits per heavy atom. The third-order valence-corrected chi connectivity index (χ3v) is 9.12. The summed E-state index contributed by atoms with van der Waals surface area (Å²) in [6.45, 7) is 3.81. The molecule has 1 aromatic carbocycles. The van der Waals surface area contributed by atoms with E-state index in [0.29, 0.717) is 4.88 Å². The number of hydrogen-bond acceptors (Lipinski definition) is 8. The number of amides is 2. The van der Waals surface area contributed by atoms with E-state index < -0.39 is 45.3 Å². The van der Waals surface area contributed by atoms with Crippen molar-refractivity contribution in [2.45, 2.75) is 43.1 Å². The van der Waals surface area contributed by atoms with Crippen LogP contribution in [-0.4, -0.2) is 60.3 Å². The van der Waals surface area contributed by atoms with Gasteiger partial charge in [-0.2, -0.15) is 0 Å². The van der Waals surface area contributed by atoms with Crippen LogP contribution in [0.1, 0.15) is 36.4 Å². The first-order valence-electron chi connectivity index (χ1n) is 12.2. The van der Waals surface area contributed by atoms with E-state index in [2.05, 4.69) is 10.3 Å². The Hall–Kier alpha value is -3.38. The lowest BCUT2D eigenvalue weighted by Crippen LogP contribution is -2.57. The normalized spacial score (nSPS) is 17.8. The van der Waals surface area contributed by atoms with Crippen LogP contribution in [0.3, 0.4) is 0 Å². The zero-order valence-electron chi connectivity index (χ0n) is 21.0. The Balaban J connectivity index is 1.71. The van der Waals surface area contributed by atoms with Crippen molar-refractivity contribution in [3.63, 3.8) is 0 Å². The van der Waals surface area contributed by atoms with E-state index in [1.807, 2.05) is 43.5 Å². The van der Waals surface area contributed by atoms with Crippen LogP contribution in [0.5, 0.6) is 0 Å². The predicted octanol–water partition coefficient (Wildman–Crippen LogP) is 4.95. The summed E-state index contributed by atoms with van der Waals surface area (Å²) in [6.07, 6.45) is 4.81. The Labute approximate surface area is 226 Å². The van der Waals surface area contributed by atoms with Crippen molar-refractivity contribution in [1.82, 2.24) is 15.2 Å². The molecule has 9 nitrogen and oxygen atoms in total. The van der Waals surface area contributed by atoms with E-state index in [1.165, 1.54) is 29.7 Å². The molecule has 1 aliphatic heterocycles. The van der Waals surface area contributed by atoms with Crippen molar-refractivity contribution in [3.8, 4) is 0 Å². The lowest BCUT2D eigenvalue weighted by molar-refractivity contribution is -0.137. The first kappa shape index (κ1) is 27.6. The van der Waals surface area contributed by atoms with Crippen LogP contribution in [-0.2, 0) is 9.59 Å². The van der Waals surface area contributed by atoms with Crippen molar-refractivity contribution in [2.24, 2.45) is 5.92 Å². The highest BCUT2D eigenvalue weighted by Crippen LogP contribution is 2.53. The highest BCUT2D eigenvalue weighted by atomic mass is 32.3. The van der Waals surface area contributed by atoms with Gasteiger partial charge in [0.2, 0.25) is 11.7 Å². The monoisotopic (exact) mass is 554 g/mol. The summed E-state index contributed by atoms with van der Waals surface area (Å²) < 4.78 is 22.6. The summed E-state index contributed by atoms with van der Waals surface area (Å²) in [7, 11) is -3.98. The van der Waals surface area contributed by atoms with Crippen LogP contribution in [0.15, 0.2) is 71.2 Å². The van der Waals surface area contributed by atoms with Gasteiger partial charge >= 0.3 is 0 Å². The molecule has 1 unspecified atom stereocenters. The first-order chi connectivity index (χ1) is 18.1. The third kappa shape index (κ3) is 5.70. The number of pyridine rings is 1. The molecular weight excluding hydrogens is 524 g/mol. The number of rotatable bonds is 7. The number of allylic oxidation sites excluding steroid dienone is 1. The molecule has 11 heteroatoms. The number of benzene rings is 1. The van der Waals surface area contributed by atoms with Crippen LogP contribution in [0.4, 0.5) is 0 Å². The van der Waals surface area contributed by atoms with E-state index in [4.69, 9.17) is 5.41 Å². The number of fused-ring (bicyclic) bond motifs is 1. The van der Waals surface area contributed by atoms with Gasteiger partial charge in [0.25, 0.3) is 5.91 Å². The average molecular weight is 555 g/mol. The number of hydrogen-bond donors (Lipinski definition) is 4. The molecule has 200 valence electrons.